The lowest BCUT2D eigenvalue weighted by Gasteiger charge is -1.97. The second kappa shape index (κ2) is 4.75. The highest BCUT2D eigenvalue weighted by molar-refractivity contribution is 7.90. The molecule has 16 heavy (non-hydrogen) atoms. The van der Waals surface area contributed by atoms with Crippen LogP contribution in [-0.2, 0) is 9.84 Å². The number of guanidine groups is 1. The van der Waals surface area contributed by atoms with Gasteiger partial charge in [-0.15, -0.1) is 5.10 Å². The molecule has 4 N–H and O–H groups in total. The van der Waals surface area contributed by atoms with Crippen LogP contribution in [0.15, 0.2) is 39.4 Å². The second-order valence-electron chi connectivity index (χ2n) is 3.11. The number of benzene rings is 1. The lowest BCUT2D eigenvalue weighted by Crippen LogP contribution is -2.21. The van der Waals surface area contributed by atoms with Crippen molar-refractivity contribution in [3.05, 3.63) is 29.8 Å². The first-order chi connectivity index (χ1) is 7.39. The molecule has 0 aliphatic carbocycles. The Kier molecular flexibility index (Phi) is 3.62. The van der Waals surface area contributed by atoms with Crippen LogP contribution in [0.4, 0.5) is 0 Å². The first-order valence-electron chi connectivity index (χ1n) is 4.31. The standard InChI is InChI=1S/C9H12N4O2S/c1-16(14,15)8-4-2-7(3-5-8)6-12-13-9(10)11/h2-6H,1H3,(H4,10,11,13). The van der Waals surface area contributed by atoms with Gasteiger partial charge in [-0.25, -0.2) is 8.42 Å². The highest BCUT2D eigenvalue weighted by atomic mass is 32.2. The molecular formula is C9H12N4O2S. The summed E-state index contributed by atoms with van der Waals surface area (Å²) in [4.78, 5) is 0.256. The maximum absolute atomic E-state index is 11.2. The van der Waals surface area contributed by atoms with Gasteiger partial charge in [0.2, 0.25) is 5.96 Å². The minimum atomic E-state index is -3.17. The highest BCUT2D eigenvalue weighted by Gasteiger charge is 2.04. The predicted octanol–water partition coefficient (Wildman–Crippen LogP) is -0.303. The minimum Gasteiger partial charge on any atom is -0.369 e. The molecule has 0 heterocycles. The van der Waals surface area contributed by atoms with Crippen LogP contribution in [0.5, 0.6) is 0 Å². The number of hydrogen-bond donors (Lipinski definition) is 2. The van der Waals surface area contributed by atoms with E-state index in [1.807, 2.05) is 0 Å². The molecule has 0 radical (unpaired) electrons. The highest BCUT2D eigenvalue weighted by Crippen LogP contribution is 2.08. The van der Waals surface area contributed by atoms with Gasteiger partial charge in [0, 0.05) is 6.26 Å². The third-order valence-electron chi connectivity index (χ3n) is 1.69. The third kappa shape index (κ3) is 3.70. The SMILES string of the molecule is CS(=O)(=O)c1ccc(C=NN=C(N)N)cc1. The van der Waals surface area contributed by atoms with E-state index in [-0.39, 0.29) is 10.9 Å². The van der Waals surface area contributed by atoms with Crippen LogP contribution >= 0.6 is 0 Å². The zero-order chi connectivity index (χ0) is 12.2. The Labute approximate surface area is 93.6 Å². The lowest BCUT2D eigenvalue weighted by atomic mass is 10.2. The van der Waals surface area contributed by atoms with E-state index >= 15 is 0 Å². The van der Waals surface area contributed by atoms with Crippen molar-refractivity contribution in [1.82, 2.24) is 0 Å². The average Bonchev–Trinajstić information content (AvgIpc) is 2.16. The summed E-state index contributed by atoms with van der Waals surface area (Å²) in [6.07, 6.45) is 2.57. The zero-order valence-electron chi connectivity index (χ0n) is 8.66. The molecule has 0 fully saturated rings. The number of nitrogens with two attached hydrogens (primary N) is 2. The number of hydrogen-bond acceptors (Lipinski definition) is 4. The molecule has 0 saturated carbocycles. The third-order valence-corrected chi connectivity index (χ3v) is 2.82. The van der Waals surface area contributed by atoms with Crippen LogP contribution in [0, 0.1) is 0 Å². The largest absolute Gasteiger partial charge is 0.369 e. The maximum Gasteiger partial charge on any atom is 0.211 e. The molecule has 0 spiro atoms. The van der Waals surface area contributed by atoms with Gasteiger partial charge in [-0.1, -0.05) is 12.1 Å². The van der Waals surface area contributed by atoms with E-state index in [1.54, 1.807) is 12.1 Å². The second-order valence-corrected chi connectivity index (χ2v) is 5.13. The van der Waals surface area contributed by atoms with Crippen molar-refractivity contribution in [2.45, 2.75) is 4.90 Å². The number of nitrogens with zero attached hydrogens (tertiary/aromatic N) is 2. The van der Waals surface area contributed by atoms with Crippen molar-refractivity contribution in [2.75, 3.05) is 6.26 Å². The summed E-state index contributed by atoms with van der Waals surface area (Å²) in [5, 5.41) is 7.01. The smallest absolute Gasteiger partial charge is 0.211 e. The molecule has 1 rings (SSSR count). The van der Waals surface area contributed by atoms with Gasteiger partial charge < -0.3 is 11.5 Å². The number of sulfone groups is 1. The summed E-state index contributed by atoms with van der Waals surface area (Å²) in [7, 11) is -3.17. The van der Waals surface area contributed by atoms with E-state index in [4.69, 9.17) is 11.5 Å². The molecule has 0 aliphatic rings. The van der Waals surface area contributed by atoms with Gasteiger partial charge in [-0.05, 0) is 17.7 Å². The van der Waals surface area contributed by atoms with E-state index in [0.717, 1.165) is 6.26 Å². The van der Waals surface area contributed by atoms with E-state index in [9.17, 15) is 8.42 Å². The van der Waals surface area contributed by atoms with Crippen LogP contribution in [0.2, 0.25) is 0 Å². The zero-order valence-corrected chi connectivity index (χ0v) is 9.48. The Morgan fingerprint density at radius 1 is 1.25 bits per heavy atom. The van der Waals surface area contributed by atoms with Crippen molar-refractivity contribution in [2.24, 2.45) is 21.7 Å². The fraction of sp³-hybridized carbons (Fsp3) is 0.111. The molecule has 1 aromatic carbocycles. The van der Waals surface area contributed by atoms with Crippen LogP contribution in [-0.4, -0.2) is 26.8 Å². The fourth-order valence-corrected chi connectivity index (χ4v) is 1.59. The number of rotatable bonds is 3. The minimum absolute atomic E-state index is 0.135. The van der Waals surface area contributed by atoms with E-state index in [0.29, 0.717) is 5.56 Å². The summed E-state index contributed by atoms with van der Waals surface area (Å²) in [5.41, 5.74) is 10.9. The fourth-order valence-electron chi connectivity index (χ4n) is 0.963. The quantitative estimate of drug-likeness (QED) is 0.429. The average molecular weight is 240 g/mol. The molecule has 0 atom stereocenters. The van der Waals surface area contributed by atoms with Gasteiger partial charge in [0.05, 0.1) is 11.1 Å². The van der Waals surface area contributed by atoms with Crippen molar-refractivity contribution >= 4 is 22.0 Å². The van der Waals surface area contributed by atoms with Crippen LogP contribution < -0.4 is 11.5 Å². The van der Waals surface area contributed by atoms with Gasteiger partial charge in [-0.3, -0.25) is 0 Å². The Hall–Kier alpha value is -1.89. The van der Waals surface area contributed by atoms with Crippen molar-refractivity contribution < 1.29 is 8.42 Å². The van der Waals surface area contributed by atoms with E-state index < -0.39 is 9.84 Å². The van der Waals surface area contributed by atoms with Crippen molar-refractivity contribution in [1.29, 1.82) is 0 Å². The van der Waals surface area contributed by atoms with Crippen LogP contribution in [0.1, 0.15) is 5.56 Å². The summed E-state index contributed by atoms with van der Waals surface area (Å²) in [6.45, 7) is 0. The van der Waals surface area contributed by atoms with Crippen molar-refractivity contribution in [3.8, 4) is 0 Å². The van der Waals surface area contributed by atoms with E-state index in [1.165, 1.54) is 18.3 Å². The molecule has 86 valence electrons. The Morgan fingerprint density at radius 2 is 1.81 bits per heavy atom. The Bertz CT molecular complexity index is 513. The molecule has 6 nitrogen and oxygen atoms in total. The monoisotopic (exact) mass is 240 g/mol. The summed E-state index contributed by atoms with van der Waals surface area (Å²) < 4.78 is 22.3. The Balaban J connectivity index is 2.88. The molecular weight excluding hydrogens is 228 g/mol. The first kappa shape index (κ1) is 12.2. The topological polar surface area (TPSA) is 111 Å². The molecule has 7 heteroatoms. The lowest BCUT2D eigenvalue weighted by molar-refractivity contribution is 0.602. The van der Waals surface area contributed by atoms with Gasteiger partial charge in [0.1, 0.15) is 0 Å². The maximum atomic E-state index is 11.2. The van der Waals surface area contributed by atoms with Gasteiger partial charge in [-0.2, -0.15) is 5.10 Å². The van der Waals surface area contributed by atoms with Gasteiger partial charge in [0.15, 0.2) is 9.84 Å². The molecule has 0 unspecified atom stereocenters. The van der Waals surface area contributed by atoms with Gasteiger partial charge >= 0.3 is 0 Å². The first-order valence-corrected chi connectivity index (χ1v) is 6.21. The molecule has 0 amide bonds. The molecule has 0 saturated heterocycles. The van der Waals surface area contributed by atoms with Crippen molar-refractivity contribution in [3.63, 3.8) is 0 Å². The molecule has 1 aromatic rings. The summed E-state index contributed by atoms with van der Waals surface area (Å²) >= 11 is 0. The summed E-state index contributed by atoms with van der Waals surface area (Å²) in [6, 6.07) is 6.21. The van der Waals surface area contributed by atoms with Crippen LogP contribution in [0.25, 0.3) is 0 Å². The van der Waals surface area contributed by atoms with E-state index in [2.05, 4.69) is 10.2 Å². The van der Waals surface area contributed by atoms with Crippen LogP contribution in [0.3, 0.4) is 0 Å². The normalized spacial score (nSPS) is 11.6. The molecule has 0 aromatic heterocycles. The molecule has 0 bridgehead atoms. The summed E-state index contributed by atoms with van der Waals surface area (Å²) in [5.74, 6) is -0.135. The predicted molar refractivity (Wildman–Crippen MR) is 63.0 cm³/mol. The Morgan fingerprint density at radius 3 is 2.25 bits per heavy atom. The molecule has 0 aliphatic heterocycles. The van der Waals surface area contributed by atoms with Gasteiger partial charge in [0.25, 0.3) is 0 Å².